The second-order valence-corrected chi connectivity index (χ2v) is 6.72. The number of pyridine rings is 1. The van der Waals surface area contributed by atoms with Crippen molar-refractivity contribution >= 4 is 11.8 Å². The lowest BCUT2D eigenvalue weighted by Gasteiger charge is -2.37. The van der Waals surface area contributed by atoms with Crippen LogP contribution in [0.25, 0.3) is 0 Å². The van der Waals surface area contributed by atoms with Gasteiger partial charge in [-0.3, -0.25) is 19.5 Å². The monoisotopic (exact) mass is 346 g/mol. The number of nitrogens with zero attached hydrogens (tertiary/aromatic N) is 4. The number of hydrogen-bond acceptors (Lipinski definition) is 5. The van der Waals surface area contributed by atoms with Gasteiger partial charge in [-0.2, -0.15) is 0 Å². The Kier molecular flexibility index (Phi) is 5.53. The third-order valence-corrected chi connectivity index (χ3v) is 5.06. The second kappa shape index (κ2) is 7.82. The minimum atomic E-state index is -0.161. The summed E-state index contributed by atoms with van der Waals surface area (Å²) < 4.78 is 5.95. The lowest BCUT2D eigenvalue weighted by molar-refractivity contribution is -0.141. The zero-order chi connectivity index (χ0) is 17.8. The van der Waals surface area contributed by atoms with Crippen molar-refractivity contribution in [1.82, 2.24) is 19.7 Å². The summed E-state index contributed by atoms with van der Waals surface area (Å²) >= 11 is 0. The molecule has 0 spiro atoms. The SMILES string of the molecule is CC(=O)N1CCN(C(=O)C(C)N2CCC(Oc3cccnc3)C2)CC1. The van der Waals surface area contributed by atoms with Crippen LogP contribution in [0.1, 0.15) is 20.3 Å². The number of likely N-dealkylation sites (tertiary alicyclic amines) is 1. The van der Waals surface area contributed by atoms with Gasteiger partial charge in [-0.15, -0.1) is 0 Å². The van der Waals surface area contributed by atoms with E-state index in [0.29, 0.717) is 26.2 Å². The molecule has 2 saturated heterocycles. The topological polar surface area (TPSA) is 66.0 Å². The van der Waals surface area contributed by atoms with E-state index in [1.54, 1.807) is 24.2 Å². The molecule has 2 unspecified atom stereocenters. The predicted molar refractivity (Wildman–Crippen MR) is 93.1 cm³/mol. The molecule has 2 amide bonds. The third kappa shape index (κ3) is 4.28. The molecule has 3 heterocycles. The van der Waals surface area contributed by atoms with E-state index in [1.807, 2.05) is 24.0 Å². The van der Waals surface area contributed by atoms with Crippen molar-refractivity contribution in [2.75, 3.05) is 39.3 Å². The Balaban J connectivity index is 1.49. The first-order valence-electron chi connectivity index (χ1n) is 8.89. The molecule has 0 radical (unpaired) electrons. The van der Waals surface area contributed by atoms with E-state index in [9.17, 15) is 9.59 Å². The summed E-state index contributed by atoms with van der Waals surface area (Å²) in [7, 11) is 0. The van der Waals surface area contributed by atoms with Gasteiger partial charge in [0.2, 0.25) is 11.8 Å². The molecule has 7 nitrogen and oxygen atoms in total. The van der Waals surface area contributed by atoms with Crippen molar-refractivity contribution < 1.29 is 14.3 Å². The highest BCUT2D eigenvalue weighted by Crippen LogP contribution is 2.20. The smallest absolute Gasteiger partial charge is 0.239 e. The molecule has 1 aromatic rings. The van der Waals surface area contributed by atoms with Gasteiger partial charge in [0.15, 0.2) is 0 Å². The van der Waals surface area contributed by atoms with E-state index >= 15 is 0 Å². The Bertz CT molecular complexity index is 602. The minimum absolute atomic E-state index is 0.0788. The summed E-state index contributed by atoms with van der Waals surface area (Å²) in [5, 5.41) is 0. The molecule has 2 atom stereocenters. The molecule has 2 aliphatic rings. The summed E-state index contributed by atoms with van der Waals surface area (Å²) in [6.07, 6.45) is 4.44. The van der Waals surface area contributed by atoms with Gasteiger partial charge in [0.1, 0.15) is 11.9 Å². The number of rotatable bonds is 4. The van der Waals surface area contributed by atoms with Crippen LogP contribution in [0.5, 0.6) is 5.75 Å². The lowest BCUT2D eigenvalue weighted by atomic mass is 10.2. The zero-order valence-corrected chi connectivity index (χ0v) is 14.9. The molecule has 0 saturated carbocycles. The van der Waals surface area contributed by atoms with Gasteiger partial charge in [0.25, 0.3) is 0 Å². The van der Waals surface area contributed by atoms with Crippen molar-refractivity contribution in [2.45, 2.75) is 32.4 Å². The van der Waals surface area contributed by atoms with Crippen LogP contribution >= 0.6 is 0 Å². The largest absolute Gasteiger partial charge is 0.487 e. The van der Waals surface area contributed by atoms with Gasteiger partial charge in [-0.05, 0) is 25.5 Å². The number of piperazine rings is 1. The van der Waals surface area contributed by atoms with Gasteiger partial charge in [0.05, 0.1) is 12.2 Å². The fraction of sp³-hybridized carbons (Fsp3) is 0.611. The predicted octanol–water partition coefficient (Wildman–Crippen LogP) is 0.614. The van der Waals surface area contributed by atoms with Crippen molar-refractivity contribution in [3.05, 3.63) is 24.5 Å². The van der Waals surface area contributed by atoms with E-state index in [0.717, 1.165) is 25.3 Å². The van der Waals surface area contributed by atoms with Crippen LogP contribution in [0.4, 0.5) is 0 Å². The summed E-state index contributed by atoms with van der Waals surface area (Å²) in [6.45, 7) is 7.62. The minimum Gasteiger partial charge on any atom is -0.487 e. The van der Waals surface area contributed by atoms with Crippen LogP contribution in [0.15, 0.2) is 24.5 Å². The van der Waals surface area contributed by atoms with Crippen molar-refractivity contribution in [3.8, 4) is 5.75 Å². The van der Waals surface area contributed by atoms with Gasteiger partial charge >= 0.3 is 0 Å². The van der Waals surface area contributed by atoms with Gasteiger partial charge < -0.3 is 14.5 Å². The Hall–Kier alpha value is -2.15. The average Bonchev–Trinajstić information content (AvgIpc) is 3.10. The van der Waals surface area contributed by atoms with Crippen LogP contribution in [-0.4, -0.2) is 82.9 Å². The maximum absolute atomic E-state index is 12.8. The average molecular weight is 346 g/mol. The molecular formula is C18H26N4O3. The van der Waals surface area contributed by atoms with Gasteiger partial charge in [0, 0.05) is 52.4 Å². The molecule has 3 rings (SSSR count). The number of carbonyl (C=O) groups excluding carboxylic acids is 2. The molecule has 0 N–H and O–H groups in total. The molecule has 0 aromatic carbocycles. The van der Waals surface area contributed by atoms with Crippen LogP contribution < -0.4 is 4.74 Å². The standard InChI is InChI=1S/C18H26N4O3/c1-14(18(24)21-10-8-20(9-11-21)15(2)23)22-7-5-17(13-22)25-16-4-3-6-19-12-16/h3-4,6,12,14,17H,5,7-11,13H2,1-2H3. The van der Waals surface area contributed by atoms with E-state index in [-0.39, 0.29) is 24.0 Å². The van der Waals surface area contributed by atoms with E-state index in [1.165, 1.54) is 0 Å². The van der Waals surface area contributed by atoms with Crippen molar-refractivity contribution in [3.63, 3.8) is 0 Å². The quantitative estimate of drug-likeness (QED) is 0.799. The first kappa shape index (κ1) is 17.7. The Morgan fingerprint density at radius 2 is 1.92 bits per heavy atom. The van der Waals surface area contributed by atoms with E-state index < -0.39 is 0 Å². The van der Waals surface area contributed by atoms with Crippen LogP contribution in [0.2, 0.25) is 0 Å². The van der Waals surface area contributed by atoms with E-state index in [2.05, 4.69) is 9.88 Å². The fourth-order valence-electron chi connectivity index (χ4n) is 3.47. The summed E-state index contributed by atoms with van der Waals surface area (Å²) in [4.78, 5) is 34.1. The van der Waals surface area contributed by atoms with Crippen LogP contribution in [0.3, 0.4) is 0 Å². The first-order chi connectivity index (χ1) is 12.0. The number of aromatic nitrogens is 1. The molecule has 0 aliphatic carbocycles. The third-order valence-electron chi connectivity index (χ3n) is 5.06. The maximum atomic E-state index is 12.8. The van der Waals surface area contributed by atoms with Gasteiger partial charge in [-0.1, -0.05) is 0 Å². The first-order valence-corrected chi connectivity index (χ1v) is 8.89. The summed E-state index contributed by atoms with van der Waals surface area (Å²) in [5.41, 5.74) is 0. The molecule has 136 valence electrons. The van der Waals surface area contributed by atoms with Crippen LogP contribution in [0, 0.1) is 0 Å². The van der Waals surface area contributed by atoms with E-state index in [4.69, 9.17) is 4.74 Å². The van der Waals surface area contributed by atoms with Crippen molar-refractivity contribution in [2.24, 2.45) is 0 Å². The number of amides is 2. The summed E-state index contributed by atoms with van der Waals surface area (Å²) in [6, 6.07) is 3.60. The second-order valence-electron chi connectivity index (χ2n) is 6.72. The fourth-order valence-corrected chi connectivity index (χ4v) is 3.47. The molecule has 1 aromatic heterocycles. The zero-order valence-electron chi connectivity index (χ0n) is 14.9. The summed E-state index contributed by atoms with van der Waals surface area (Å²) in [5.74, 6) is 0.994. The number of carbonyl (C=O) groups is 2. The lowest BCUT2D eigenvalue weighted by Crippen LogP contribution is -2.54. The molecule has 2 aliphatic heterocycles. The van der Waals surface area contributed by atoms with Crippen molar-refractivity contribution in [1.29, 1.82) is 0 Å². The number of hydrogen-bond donors (Lipinski definition) is 0. The molecule has 25 heavy (non-hydrogen) atoms. The molecule has 0 bridgehead atoms. The highest BCUT2D eigenvalue weighted by atomic mass is 16.5. The maximum Gasteiger partial charge on any atom is 0.239 e. The van der Waals surface area contributed by atoms with Gasteiger partial charge in [-0.25, -0.2) is 0 Å². The Morgan fingerprint density at radius 1 is 1.20 bits per heavy atom. The highest BCUT2D eigenvalue weighted by Gasteiger charge is 2.34. The Morgan fingerprint density at radius 3 is 2.56 bits per heavy atom. The highest BCUT2D eigenvalue weighted by molar-refractivity contribution is 5.82. The molecule has 7 heteroatoms. The Labute approximate surface area is 148 Å². The molecule has 2 fully saturated rings. The normalized spacial score (nSPS) is 22.7. The number of ether oxygens (including phenoxy) is 1. The van der Waals surface area contributed by atoms with Crippen LogP contribution in [-0.2, 0) is 9.59 Å². The molecular weight excluding hydrogens is 320 g/mol.